The van der Waals surface area contributed by atoms with Gasteiger partial charge >= 0.3 is 0 Å². The second kappa shape index (κ2) is 8.59. The summed E-state index contributed by atoms with van der Waals surface area (Å²) in [5, 5.41) is 9.83. The number of hydrogen-bond acceptors (Lipinski definition) is 4. The van der Waals surface area contributed by atoms with Gasteiger partial charge in [0.25, 0.3) is 0 Å². The predicted octanol–water partition coefficient (Wildman–Crippen LogP) is 5.70. The molecule has 3 aromatic carbocycles. The van der Waals surface area contributed by atoms with Gasteiger partial charge in [-0.05, 0) is 48.5 Å². The highest BCUT2D eigenvalue weighted by atomic mass is 35.5. The van der Waals surface area contributed by atoms with Gasteiger partial charge in [0, 0.05) is 21.8 Å². The lowest BCUT2D eigenvalue weighted by atomic mass is 10.1. The van der Waals surface area contributed by atoms with Crippen molar-refractivity contribution < 1.29 is 9.18 Å². The number of carbonyl (C=O) groups excluding carboxylic acids is 1. The summed E-state index contributed by atoms with van der Waals surface area (Å²) < 4.78 is 15.0. The number of aromatic nitrogens is 3. The minimum absolute atomic E-state index is 0.109. The van der Waals surface area contributed by atoms with Gasteiger partial charge in [-0.2, -0.15) is 0 Å². The minimum atomic E-state index is -0.371. The Morgan fingerprint density at radius 3 is 2.45 bits per heavy atom. The number of thioether (sulfide) groups is 1. The summed E-state index contributed by atoms with van der Waals surface area (Å²) in [7, 11) is 0. The Morgan fingerprint density at radius 1 is 0.966 bits per heavy atom. The third kappa shape index (κ3) is 4.39. The molecule has 0 spiro atoms. The number of nitrogens with zero attached hydrogens (tertiary/aromatic N) is 3. The van der Waals surface area contributed by atoms with Gasteiger partial charge in [-0.15, -0.1) is 10.2 Å². The fraction of sp³-hybridized carbons (Fsp3) is 0.0455. The van der Waals surface area contributed by atoms with E-state index in [1.807, 2.05) is 53.1 Å². The normalized spacial score (nSPS) is 10.8. The summed E-state index contributed by atoms with van der Waals surface area (Å²) in [6.45, 7) is 0. The summed E-state index contributed by atoms with van der Waals surface area (Å²) in [4.78, 5) is 12.5. The number of halogens is 2. The molecule has 7 heteroatoms. The summed E-state index contributed by atoms with van der Waals surface area (Å²) in [5.41, 5.74) is 2.16. The van der Waals surface area contributed by atoms with Crippen molar-refractivity contribution in [3.8, 4) is 17.1 Å². The van der Waals surface area contributed by atoms with Crippen LogP contribution in [0.5, 0.6) is 0 Å². The molecule has 4 rings (SSSR count). The molecule has 29 heavy (non-hydrogen) atoms. The van der Waals surface area contributed by atoms with Crippen LogP contribution < -0.4 is 0 Å². The molecule has 0 saturated heterocycles. The van der Waals surface area contributed by atoms with Crippen LogP contribution in [0.2, 0.25) is 5.02 Å². The zero-order chi connectivity index (χ0) is 20.2. The molecule has 0 unspecified atom stereocenters. The molecule has 0 amide bonds. The van der Waals surface area contributed by atoms with E-state index in [0.29, 0.717) is 21.6 Å². The van der Waals surface area contributed by atoms with Gasteiger partial charge in [0.05, 0.1) is 5.75 Å². The van der Waals surface area contributed by atoms with Gasteiger partial charge in [0.15, 0.2) is 16.8 Å². The maximum Gasteiger partial charge on any atom is 0.196 e. The lowest BCUT2D eigenvalue weighted by Crippen LogP contribution is -2.05. The number of carbonyl (C=O) groups is 1. The van der Waals surface area contributed by atoms with E-state index < -0.39 is 0 Å². The topological polar surface area (TPSA) is 47.8 Å². The standard InChI is InChI=1S/C22H15ClFN3OS/c23-17-6-4-5-16(13-17)21-25-26-22(27(21)19-7-2-1-3-8-19)29-14-20(28)15-9-11-18(24)12-10-15/h1-13H,14H2. The van der Waals surface area contributed by atoms with Crippen LogP contribution in [0.3, 0.4) is 0 Å². The minimum Gasteiger partial charge on any atom is -0.293 e. The summed E-state index contributed by atoms with van der Waals surface area (Å²) in [6.07, 6.45) is 0. The summed E-state index contributed by atoms with van der Waals surface area (Å²) in [5.74, 6) is 0.313. The van der Waals surface area contributed by atoms with Gasteiger partial charge in [0.1, 0.15) is 5.82 Å². The number of hydrogen-bond donors (Lipinski definition) is 0. The van der Waals surface area contributed by atoms with Crippen molar-refractivity contribution in [1.82, 2.24) is 14.8 Å². The molecule has 0 aliphatic heterocycles. The van der Waals surface area contributed by atoms with Crippen LogP contribution in [0, 0.1) is 5.82 Å². The number of Topliss-reactive ketones (excluding diaryl/α,β-unsaturated/α-hetero) is 1. The highest BCUT2D eigenvalue weighted by molar-refractivity contribution is 7.99. The molecule has 0 radical (unpaired) electrons. The van der Waals surface area contributed by atoms with Crippen LogP contribution in [0.15, 0.2) is 84.0 Å². The second-order valence-electron chi connectivity index (χ2n) is 6.21. The highest BCUT2D eigenvalue weighted by Gasteiger charge is 2.18. The lowest BCUT2D eigenvalue weighted by molar-refractivity contribution is 0.102. The van der Waals surface area contributed by atoms with Gasteiger partial charge in [-0.3, -0.25) is 9.36 Å². The first kappa shape index (κ1) is 19.4. The van der Waals surface area contributed by atoms with Crippen molar-refractivity contribution in [1.29, 1.82) is 0 Å². The molecule has 0 bridgehead atoms. The van der Waals surface area contributed by atoms with Gasteiger partial charge in [-0.25, -0.2) is 4.39 Å². The molecule has 4 nitrogen and oxygen atoms in total. The molecule has 144 valence electrons. The molecule has 4 aromatic rings. The fourth-order valence-corrected chi connectivity index (χ4v) is 3.87. The van der Waals surface area contributed by atoms with Crippen LogP contribution in [0.4, 0.5) is 4.39 Å². The molecule has 1 heterocycles. The van der Waals surface area contributed by atoms with E-state index in [-0.39, 0.29) is 17.4 Å². The van der Waals surface area contributed by atoms with Crippen LogP contribution in [-0.2, 0) is 0 Å². The molecular formula is C22H15ClFN3OS. The number of para-hydroxylation sites is 1. The third-order valence-electron chi connectivity index (χ3n) is 4.23. The SMILES string of the molecule is O=C(CSc1nnc(-c2cccc(Cl)c2)n1-c1ccccc1)c1ccc(F)cc1. The zero-order valence-electron chi connectivity index (χ0n) is 15.1. The Balaban J connectivity index is 1.66. The van der Waals surface area contributed by atoms with E-state index in [1.54, 1.807) is 6.07 Å². The average Bonchev–Trinajstić information content (AvgIpc) is 3.17. The third-order valence-corrected chi connectivity index (χ3v) is 5.39. The molecule has 0 atom stereocenters. The first-order valence-corrected chi connectivity index (χ1v) is 10.2. The van der Waals surface area contributed by atoms with E-state index in [1.165, 1.54) is 36.0 Å². The quantitative estimate of drug-likeness (QED) is 0.295. The van der Waals surface area contributed by atoms with Crippen molar-refractivity contribution in [3.63, 3.8) is 0 Å². The van der Waals surface area contributed by atoms with E-state index >= 15 is 0 Å². The molecule has 0 N–H and O–H groups in total. The molecule has 0 aliphatic carbocycles. The zero-order valence-corrected chi connectivity index (χ0v) is 16.7. The van der Waals surface area contributed by atoms with Crippen LogP contribution in [-0.4, -0.2) is 26.3 Å². The Hall–Kier alpha value is -2.96. The van der Waals surface area contributed by atoms with Crippen molar-refractivity contribution in [2.45, 2.75) is 5.16 Å². The number of ketones is 1. The van der Waals surface area contributed by atoms with E-state index in [9.17, 15) is 9.18 Å². The first-order chi connectivity index (χ1) is 14.1. The fourth-order valence-electron chi connectivity index (χ4n) is 2.84. The number of rotatable bonds is 6. The predicted molar refractivity (Wildman–Crippen MR) is 113 cm³/mol. The van der Waals surface area contributed by atoms with E-state index in [0.717, 1.165) is 11.3 Å². The van der Waals surface area contributed by atoms with E-state index in [4.69, 9.17) is 11.6 Å². The van der Waals surface area contributed by atoms with Gasteiger partial charge < -0.3 is 0 Å². The van der Waals surface area contributed by atoms with Gasteiger partial charge in [0.2, 0.25) is 0 Å². The molecule has 0 saturated carbocycles. The smallest absolute Gasteiger partial charge is 0.196 e. The Bertz CT molecular complexity index is 1150. The Labute approximate surface area is 176 Å². The lowest BCUT2D eigenvalue weighted by Gasteiger charge is -2.10. The first-order valence-electron chi connectivity index (χ1n) is 8.80. The molecule has 1 aromatic heterocycles. The van der Waals surface area contributed by atoms with E-state index in [2.05, 4.69) is 10.2 Å². The van der Waals surface area contributed by atoms with Gasteiger partial charge in [-0.1, -0.05) is 53.7 Å². The number of benzene rings is 3. The molecular weight excluding hydrogens is 409 g/mol. The van der Waals surface area contributed by atoms with Crippen LogP contribution in [0.1, 0.15) is 10.4 Å². The Morgan fingerprint density at radius 2 is 1.72 bits per heavy atom. The Kier molecular flexibility index (Phi) is 5.74. The molecule has 0 fully saturated rings. The van der Waals surface area contributed by atoms with Crippen molar-refractivity contribution >= 4 is 29.1 Å². The summed E-state index contributed by atoms with van der Waals surface area (Å²) in [6, 6.07) is 22.6. The van der Waals surface area contributed by atoms with Crippen LogP contribution in [0.25, 0.3) is 17.1 Å². The second-order valence-corrected chi connectivity index (χ2v) is 7.59. The maximum absolute atomic E-state index is 13.1. The monoisotopic (exact) mass is 423 g/mol. The molecule has 0 aliphatic rings. The van der Waals surface area contributed by atoms with Crippen LogP contribution >= 0.6 is 23.4 Å². The van der Waals surface area contributed by atoms with Crippen molar-refractivity contribution in [2.75, 3.05) is 5.75 Å². The highest BCUT2D eigenvalue weighted by Crippen LogP contribution is 2.29. The summed E-state index contributed by atoms with van der Waals surface area (Å²) >= 11 is 7.43. The largest absolute Gasteiger partial charge is 0.293 e. The average molecular weight is 424 g/mol. The van der Waals surface area contributed by atoms with Crippen molar-refractivity contribution in [2.24, 2.45) is 0 Å². The van der Waals surface area contributed by atoms with Crippen molar-refractivity contribution in [3.05, 3.63) is 95.3 Å². The maximum atomic E-state index is 13.1.